The van der Waals surface area contributed by atoms with Crippen molar-refractivity contribution in [1.82, 2.24) is 0 Å². The fourth-order valence-electron chi connectivity index (χ4n) is 0.673. The topological polar surface area (TPSA) is 0 Å². The molecular formula is C8H9BrI+. The van der Waals surface area contributed by atoms with E-state index in [0.29, 0.717) is 21.2 Å². The molecule has 0 aliphatic heterocycles. The predicted octanol–water partition coefficient (Wildman–Crippen LogP) is -0.272. The van der Waals surface area contributed by atoms with Gasteiger partial charge in [-0.2, -0.15) is 0 Å². The molecule has 0 N–H and O–H groups in total. The number of benzene rings is 1. The van der Waals surface area contributed by atoms with Crippen LogP contribution < -0.4 is 21.2 Å². The second-order valence-electron chi connectivity index (χ2n) is 1.84. The van der Waals surface area contributed by atoms with E-state index in [1.807, 2.05) is 0 Å². The molecule has 0 fully saturated rings. The zero-order valence-electron chi connectivity index (χ0n) is 5.77. The van der Waals surface area contributed by atoms with Crippen molar-refractivity contribution in [3.8, 4) is 0 Å². The first-order chi connectivity index (χ1) is 4.83. The Bertz CT molecular complexity index is 193. The lowest BCUT2D eigenvalue weighted by Gasteiger charge is -1.84. The first-order valence-electron chi connectivity index (χ1n) is 3.17. The van der Waals surface area contributed by atoms with Gasteiger partial charge in [0.15, 0.2) is 3.57 Å². The van der Waals surface area contributed by atoms with E-state index in [-0.39, 0.29) is 0 Å². The molecule has 0 heterocycles. The molecule has 0 aliphatic carbocycles. The van der Waals surface area contributed by atoms with Crippen LogP contribution in [0.5, 0.6) is 0 Å². The Kier molecular flexibility index (Phi) is 3.70. The Hall–Kier alpha value is 0.430. The normalized spacial score (nSPS) is 9.80. The molecule has 0 spiro atoms. The highest BCUT2D eigenvalue weighted by molar-refractivity contribution is 9.10. The van der Waals surface area contributed by atoms with Crippen molar-refractivity contribution >= 4 is 15.9 Å². The van der Waals surface area contributed by atoms with E-state index >= 15 is 0 Å². The van der Waals surface area contributed by atoms with E-state index in [2.05, 4.69) is 47.1 Å². The molecule has 0 saturated carbocycles. The molecule has 54 valence electrons. The number of halogens is 2. The van der Waals surface area contributed by atoms with Gasteiger partial charge in [0.05, 0.1) is 0 Å². The van der Waals surface area contributed by atoms with Crippen LogP contribution in [0.1, 0.15) is 6.92 Å². The third-order valence-corrected chi connectivity index (χ3v) is 3.98. The molecule has 0 saturated heterocycles. The summed E-state index contributed by atoms with van der Waals surface area (Å²) >= 11 is 3.71. The monoisotopic (exact) mass is 311 g/mol. The molecular weight excluding hydrogens is 303 g/mol. The summed E-state index contributed by atoms with van der Waals surface area (Å²) in [5.41, 5.74) is 0. The van der Waals surface area contributed by atoms with Gasteiger partial charge < -0.3 is 0 Å². The van der Waals surface area contributed by atoms with Gasteiger partial charge in [0, 0.05) is 4.47 Å². The van der Waals surface area contributed by atoms with Crippen molar-refractivity contribution in [2.24, 2.45) is 0 Å². The van der Waals surface area contributed by atoms with E-state index in [1.54, 1.807) is 0 Å². The summed E-state index contributed by atoms with van der Waals surface area (Å²) in [6, 6.07) is 8.65. The average molecular weight is 312 g/mol. The summed E-state index contributed by atoms with van der Waals surface area (Å²) in [5.74, 6) is 0. The molecule has 0 bridgehead atoms. The third kappa shape index (κ3) is 2.58. The van der Waals surface area contributed by atoms with Gasteiger partial charge in [-0.25, -0.2) is 0 Å². The Labute approximate surface area is 80.4 Å². The maximum absolute atomic E-state index is 3.41. The van der Waals surface area contributed by atoms with Crippen LogP contribution in [0.2, 0.25) is 0 Å². The molecule has 0 atom stereocenters. The van der Waals surface area contributed by atoms with Crippen LogP contribution in [-0.2, 0) is 0 Å². The highest BCUT2D eigenvalue weighted by Gasteiger charge is 2.05. The highest BCUT2D eigenvalue weighted by Crippen LogP contribution is 2.05. The van der Waals surface area contributed by atoms with E-state index in [0.717, 1.165) is 0 Å². The maximum Gasteiger partial charge on any atom is 0.312 e. The van der Waals surface area contributed by atoms with Crippen LogP contribution >= 0.6 is 15.9 Å². The molecule has 0 aliphatic rings. The minimum absolute atomic E-state index is 0.296. The molecule has 10 heavy (non-hydrogen) atoms. The largest absolute Gasteiger partial charge is 0.312 e. The van der Waals surface area contributed by atoms with E-state index in [4.69, 9.17) is 0 Å². The number of hydrogen-bond acceptors (Lipinski definition) is 0. The lowest BCUT2D eigenvalue weighted by Crippen LogP contribution is -3.62. The lowest BCUT2D eigenvalue weighted by atomic mass is 10.4. The zero-order chi connectivity index (χ0) is 7.40. The molecule has 0 unspecified atom stereocenters. The Balaban J connectivity index is 2.69. The maximum atomic E-state index is 3.41. The SMILES string of the molecule is CC[I+]c1ccc(Br)cc1. The Morgan fingerprint density at radius 1 is 1.30 bits per heavy atom. The quantitative estimate of drug-likeness (QED) is 0.521. The van der Waals surface area contributed by atoms with Crippen LogP contribution in [0.3, 0.4) is 0 Å². The molecule has 0 aromatic heterocycles. The predicted molar refractivity (Wildman–Crippen MR) is 43.4 cm³/mol. The molecule has 1 aromatic carbocycles. The summed E-state index contributed by atoms with van der Waals surface area (Å²) in [7, 11) is 0. The first-order valence-corrected chi connectivity index (χ1v) is 6.57. The van der Waals surface area contributed by atoms with Crippen molar-refractivity contribution in [1.29, 1.82) is 0 Å². The summed E-state index contributed by atoms with van der Waals surface area (Å²) in [6.45, 7) is 2.25. The Morgan fingerprint density at radius 3 is 2.40 bits per heavy atom. The van der Waals surface area contributed by atoms with Gasteiger partial charge in [-0.1, -0.05) is 15.9 Å². The van der Waals surface area contributed by atoms with Crippen LogP contribution in [0.4, 0.5) is 0 Å². The number of alkyl halides is 1. The van der Waals surface area contributed by atoms with Gasteiger partial charge in [0.1, 0.15) is 4.43 Å². The van der Waals surface area contributed by atoms with Crippen molar-refractivity contribution in [3.63, 3.8) is 0 Å². The Morgan fingerprint density at radius 2 is 1.90 bits per heavy atom. The van der Waals surface area contributed by atoms with Crippen molar-refractivity contribution < 1.29 is 21.2 Å². The van der Waals surface area contributed by atoms with Crippen LogP contribution in [0.25, 0.3) is 0 Å². The molecule has 0 radical (unpaired) electrons. The van der Waals surface area contributed by atoms with E-state index < -0.39 is 0 Å². The fraction of sp³-hybridized carbons (Fsp3) is 0.250. The third-order valence-electron chi connectivity index (χ3n) is 1.09. The van der Waals surface area contributed by atoms with Crippen LogP contribution in [0, 0.1) is 3.57 Å². The summed E-state index contributed by atoms with van der Waals surface area (Å²) < 4.78 is 4.04. The van der Waals surface area contributed by atoms with Crippen LogP contribution in [0.15, 0.2) is 28.7 Å². The van der Waals surface area contributed by atoms with Gasteiger partial charge in [-0.05, 0) is 31.2 Å². The van der Waals surface area contributed by atoms with Gasteiger partial charge in [0.25, 0.3) is 0 Å². The summed E-state index contributed by atoms with van der Waals surface area (Å²) in [4.78, 5) is 0. The second-order valence-corrected chi connectivity index (χ2v) is 6.29. The molecule has 1 rings (SSSR count). The van der Waals surface area contributed by atoms with Crippen molar-refractivity contribution in [2.45, 2.75) is 6.92 Å². The molecule has 2 heteroatoms. The van der Waals surface area contributed by atoms with Crippen molar-refractivity contribution in [3.05, 3.63) is 32.3 Å². The first kappa shape index (κ1) is 8.53. The number of hydrogen-bond donors (Lipinski definition) is 0. The number of rotatable bonds is 2. The molecule has 0 nitrogen and oxygen atoms in total. The lowest BCUT2D eigenvalue weighted by molar-refractivity contribution is -0.623. The van der Waals surface area contributed by atoms with E-state index in [1.165, 1.54) is 12.5 Å². The smallest absolute Gasteiger partial charge is 0.0508 e. The highest BCUT2D eigenvalue weighted by atomic mass is 127. The average Bonchev–Trinajstić information content (AvgIpc) is 1.95. The van der Waals surface area contributed by atoms with Gasteiger partial charge in [-0.15, -0.1) is 0 Å². The summed E-state index contributed by atoms with van der Waals surface area (Å²) in [5, 5.41) is 0. The van der Waals surface area contributed by atoms with Gasteiger partial charge in [0.2, 0.25) is 0 Å². The van der Waals surface area contributed by atoms with Crippen LogP contribution in [-0.4, -0.2) is 4.43 Å². The van der Waals surface area contributed by atoms with E-state index in [9.17, 15) is 0 Å². The zero-order valence-corrected chi connectivity index (χ0v) is 9.52. The molecule has 0 amide bonds. The standard InChI is InChI=1S/C8H9BrI/c1-2-10-8-5-3-7(9)4-6-8/h3-6H,2H2,1H3/q+1. The minimum atomic E-state index is 0.296. The van der Waals surface area contributed by atoms with Crippen molar-refractivity contribution in [2.75, 3.05) is 4.43 Å². The minimum Gasteiger partial charge on any atom is -0.0508 e. The summed E-state index contributed by atoms with van der Waals surface area (Å²) in [6.07, 6.45) is 0. The van der Waals surface area contributed by atoms with Gasteiger partial charge in [-0.3, -0.25) is 0 Å². The molecule has 1 aromatic rings. The fourth-order valence-corrected chi connectivity index (χ4v) is 2.69. The van der Waals surface area contributed by atoms with Gasteiger partial charge >= 0.3 is 21.2 Å². The second kappa shape index (κ2) is 4.34.